The van der Waals surface area contributed by atoms with Gasteiger partial charge in [-0.1, -0.05) is 24.3 Å². The molecule has 1 aromatic rings. The summed E-state index contributed by atoms with van der Waals surface area (Å²) in [5.74, 6) is 0.880. The molecule has 0 saturated carbocycles. The van der Waals surface area contributed by atoms with Crippen LogP contribution in [0.2, 0.25) is 0 Å². The Morgan fingerprint density at radius 1 is 1.23 bits per heavy atom. The molecular formula is C12H15O. The maximum Gasteiger partial charge on any atom is 0.122 e. The molecule has 0 saturated heterocycles. The lowest BCUT2D eigenvalue weighted by Gasteiger charge is -2.22. The topological polar surface area (TPSA) is 9.23 Å². The first-order valence-electron chi connectivity index (χ1n) is 4.35. The normalized spacial score (nSPS) is 11.9. The van der Waals surface area contributed by atoms with E-state index >= 15 is 0 Å². The summed E-state index contributed by atoms with van der Waals surface area (Å²) >= 11 is 0. The number of hydrogen-bond donors (Lipinski definition) is 0. The SMILES string of the molecule is [CH2]C=CC(C)(C)Oc1ccccc1. The first-order chi connectivity index (χ1) is 6.14. The molecular weight excluding hydrogens is 160 g/mol. The Labute approximate surface area is 80.0 Å². The van der Waals surface area contributed by atoms with Crippen LogP contribution in [0.5, 0.6) is 5.75 Å². The smallest absolute Gasteiger partial charge is 0.122 e. The van der Waals surface area contributed by atoms with Crippen LogP contribution in [0, 0.1) is 6.92 Å². The van der Waals surface area contributed by atoms with Gasteiger partial charge in [0.1, 0.15) is 11.4 Å². The average molecular weight is 175 g/mol. The summed E-state index contributed by atoms with van der Waals surface area (Å²) in [4.78, 5) is 0. The lowest BCUT2D eigenvalue weighted by atomic mass is 10.1. The molecule has 0 N–H and O–H groups in total. The average Bonchev–Trinajstić information content (AvgIpc) is 2.04. The third-order valence-electron chi connectivity index (χ3n) is 1.64. The fourth-order valence-electron chi connectivity index (χ4n) is 1.11. The van der Waals surface area contributed by atoms with Crippen LogP contribution in [0.4, 0.5) is 0 Å². The number of para-hydroxylation sites is 1. The van der Waals surface area contributed by atoms with Crippen molar-refractivity contribution in [3.8, 4) is 5.75 Å². The van der Waals surface area contributed by atoms with Crippen LogP contribution in [0.15, 0.2) is 42.5 Å². The molecule has 0 aliphatic rings. The van der Waals surface area contributed by atoms with Gasteiger partial charge < -0.3 is 4.74 Å². The molecule has 0 bridgehead atoms. The first kappa shape index (κ1) is 9.85. The molecule has 0 aliphatic carbocycles. The molecule has 0 atom stereocenters. The van der Waals surface area contributed by atoms with Gasteiger partial charge in [-0.2, -0.15) is 0 Å². The van der Waals surface area contributed by atoms with Gasteiger partial charge in [-0.3, -0.25) is 0 Å². The number of hydrogen-bond acceptors (Lipinski definition) is 1. The summed E-state index contributed by atoms with van der Waals surface area (Å²) in [6.07, 6.45) is 3.68. The maximum atomic E-state index is 5.72. The van der Waals surface area contributed by atoms with Gasteiger partial charge >= 0.3 is 0 Å². The van der Waals surface area contributed by atoms with Crippen LogP contribution >= 0.6 is 0 Å². The zero-order valence-corrected chi connectivity index (χ0v) is 8.16. The molecule has 1 rings (SSSR count). The lowest BCUT2D eigenvalue weighted by molar-refractivity contribution is 0.162. The van der Waals surface area contributed by atoms with Gasteiger partial charge in [0.15, 0.2) is 0 Å². The van der Waals surface area contributed by atoms with Gasteiger partial charge in [0, 0.05) is 0 Å². The molecule has 0 heterocycles. The Hall–Kier alpha value is -1.24. The van der Waals surface area contributed by atoms with Gasteiger partial charge in [-0.15, -0.1) is 0 Å². The van der Waals surface area contributed by atoms with Crippen molar-refractivity contribution >= 4 is 0 Å². The zero-order valence-electron chi connectivity index (χ0n) is 8.16. The second-order valence-corrected chi connectivity index (χ2v) is 3.42. The van der Waals surface area contributed by atoms with Gasteiger partial charge in [-0.05, 0) is 39.0 Å². The Balaban J connectivity index is 2.69. The summed E-state index contributed by atoms with van der Waals surface area (Å²) in [6, 6.07) is 9.77. The highest BCUT2D eigenvalue weighted by atomic mass is 16.5. The van der Waals surface area contributed by atoms with Crippen molar-refractivity contribution in [2.24, 2.45) is 0 Å². The van der Waals surface area contributed by atoms with Gasteiger partial charge in [-0.25, -0.2) is 0 Å². The number of ether oxygens (including phenoxy) is 1. The van der Waals surface area contributed by atoms with E-state index < -0.39 is 0 Å². The molecule has 0 aliphatic heterocycles. The predicted molar refractivity (Wildman–Crippen MR) is 55.6 cm³/mol. The lowest BCUT2D eigenvalue weighted by Crippen LogP contribution is -2.24. The maximum absolute atomic E-state index is 5.72. The Morgan fingerprint density at radius 2 is 1.85 bits per heavy atom. The van der Waals surface area contributed by atoms with Gasteiger partial charge in [0.25, 0.3) is 0 Å². The van der Waals surface area contributed by atoms with E-state index in [0.717, 1.165) is 5.75 Å². The van der Waals surface area contributed by atoms with Crippen LogP contribution in [-0.4, -0.2) is 5.60 Å². The molecule has 0 unspecified atom stereocenters. The molecule has 1 radical (unpaired) electrons. The van der Waals surface area contributed by atoms with Crippen molar-refractivity contribution in [3.63, 3.8) is 0 Å². The van der Waals surface area contributed by atoms with E-state index in [9.17, 15) is 0 Å². The molecule has 13 heavy (non-hydrogen) atoms. The summed E-state index contributed by atoms with van der Waals surface area (Å²) in [5, 5.41) is 0. The Bertz CT molecular complexity index is 272. The first-order valence-corrected chi connectivity index (χ1v) is 4.35. The molecule has 0 amide bonds. The highest BCUT2D eigenvalue weighted by Crippen LogP contribution is 2.18. The van der Waals surface area contributed by atoms with E-state index in [1.807, 2.05) is 50.3 Å². The minimum atomic E-state index is -0.289. The van der Waals surface area contributed by atoms with Crippen molar-refractivity contribution < 1.29 is 4.74 Å². The van der Waals surface area contributed by atoms with Crippen LogP contribution < -0.4 is 4.74 Å². The van der Waals surface area contributed by atoms with Crippen LogP contribution in [0.25, 0.3) is 0 Å². The number of benzene rings is 1. The third kappa shape index (κ3) is 3.32. The van der Waals surface area contributed by atoms with Crippen molar-refractivity contribution in [2.75, 3.05) is 0 Å². The quantitative estimate of drug-likeness (QED) is 0.685. The highest BCUT2D eigenvalue weighted by molar-refractivity contribution is 5.22. The largest absolute Gasteiger partial charge is 0.484 e. The monoisotopic (exact) mass is 175 g/mol. The minimum Gasteiger partial charge on any atom is -0.484 e. The van der Waals surface area contributed by atoms with Gasteiger partial charge in [0.2, 0.25) is 0 Å². The molecule has 1 nitrogen and oxygen atoms in total. The van der Waals surface area contributed by atoms with Crippen LogP contribution in [0.1, 0.15) is 13.8 Å². The molecule has 69 valence electrons. The van der Waals surface area contributed by atoms with Crippen molar-refractivity contribution in [3.05, 3.63) is 49.4 Å². The van der Waals surface area contributed by atoms with E-state index in [-0.39, 0.29) is 5.60 Å². The molecule has 0 aromatic heterocycles. The Morgan fingerprint density at radius 3 is 2.38 bits per heavy atom. The standard InChI is InChI=1S/C12H15O/c1-4-10-12(2,3)13-11-8-6-5-7-9-11/h4-10H,1H2,2-3H3. The van der Waals surface area contributed by atoms with Crippen molar-refractivity contribution in [1.29, 1.82) is 0 Å². The van der Waals surface area contributed by atoms with Crippen molar-refractivity contribution in [2.45, 2.75) is 19.4 Å². The minimum absolute atomic E-state index is 0.289. The zero-order chi connectivity index (χ0) is 9.73. The third-order valence-corrected chi connectivity index (χ3v) is 1.64. The van der Waals surface area contributed by atoms with E-state index in [1.165, 1.54) is 0 Å². The predicted octanol–water partition coefficient (Wildman–Crippen LogP) is 3.23. The van der Waals surface area contributed by atoms with Crippen LogP contribution in [0.3, 0.4) is 0 Å². The number of allylic oxidation sites excluding steroid dienone is 1. The van der Waals surface area contributed by atoms with E-state index in [0.29, 0.717) is 0 Å². The highest BCUT2D eigenvalue weighted by Gasteiger charge is 2.14. The molecule has 0 spiro atoms. The molecule has 1 aromatic carbocycles. The molecule has 1 heteroatoms. The fraction of sp³-hybridized carbons (Fsp3) is 0.250. The number of rotatable bonds is 3. The van der Waals surface area contributed by atoms with Crippen molar-refractivity contribution in [1.82, 2.24) is 0 Å². The van der Waals surface area contributed by atoms with Gasteiger partial charge in [0.05, 0.1) is 0 Å². The molecule has 0 fully saturated rings. The Kier molecular flexibility index (Phi) is 3.13. The summed E-state index contributed by atoms with van der Waals surface area (Å²) in [7, 11) is 0. The van der Waals surface area contributed by atoms with E-state index in [1.54, 1.807) is 6.08 Å². The summed E-state index contributed by atoms with van der Waals surface area (Å²) in [5.41, 5.74) is -0.289. The second-order valence-electron chi connectivity index (χ2n) is 3.42. The summed E-state index contributed by atoms with van der Waals surface area (Å²) < 4.78 is 5.72. The second kappa shape index (κ2) is 4.13. The fourth-order valence-corrected chi connectivity index (χ4v) is 1.11. The summed E-state index contributed by atoms with van der Waals surface area (Å²) in [6.45, 7) is 7.66. The van der Waals surface area contributed by atoms with E-state index in [2.05, 4.69) is 6.92 Å². The van der Waals surface area contributed by atoms with Crippen LogP contribution in [-0.2, 0) is 0 Å². The van der Waals surface area contributed by atoms with E-state index in [4.69, 9.17) is 4.74 Å².